The predicted molar refractivity (Wildman–Crippen MR) is 115 cm³/mol. The number of ether oxygens (including phenoxy) is 4. The first-order valence-corrected chi connectivity index (χ1v) is 9.35. The molecule has 0 spiro atoms. The van der Waals surface area contributed by atoms with Crippen LogP contribution in [-0.4, -0.2) is 55.6 Å². The van der Waals surface area contributed by atoms with Gasteiger partial charge in [0.2, 0.25) is 0 Å². The zero-order valence-corrected chi connectivity index (χ0v) is 18.6. The molecule has 2 aromatic rings. The highest BCUT2D eigenvalue weighted by Gasteiger charge is 1.98. The zero-order valence-electron chi connectivity index (χ0n) is 17.8. The fraction of sp³-hybridized carbons (Fsp3) is 0.286. The molecule has 0 amide bonds. The molecule has 0 heterocycles. The largest absolute Gasteiger partial charge is 0.507 e. The second-order valence-electron chi connectivity index (χ2n) is 5.16. The monoisotopic (exact) mass is 476 g/mol. The third-order valence-corrected chi connectivity index (χ3v) is 3.20. The first-order valence-electron chi connectivity index (χ1n) is 8.97. The van der Waals surface area contributed by atoms with Gasteiger partial charge in [-0.25, -0.2) is 18.8 Å². The van der Waals surface area contributed by atoms with Crippen molar-refractivity contribution in [2.75, 3.05) is 26.9 Å². The van der Waals surface area contributed by atoms with Crippen LogP contribution < -0.4 is 0 Å². The van der Waals surface area contributed by atoms with E-state index >= 15 is 0 Å². The van der Waals surface area contributed by atoms with Crippen molar-refractivity contribution >= 4 is 30.1 Å². The Morgan fingerprint density at radius 2 is 1.34 bits per heavy atom. The fourth-order valence-corrected chi connectivity index (χ4v) is 1.54. The number of rotatable bonds is 4. The Morgan fingerprint density at radius 1 is 0.875 bits per heavy atom. The quantitative estimate of drug-likeness (QED) is 0.327. The Hall–Kier alpha value is -3.53. The van der Waals surface area contributed by atoms with E-state index in [9.17, 15) is 18.8 Å². The molecule has 0 aliphatic carbocycles. The van der Waals surface area contributed by atoms with Gasteiger partial charge >= 0.3 is 18.5 Å². The summed E-state index contributed by atoms with van der Waals surface area (Å²) in [6, 6.07) is 15.7. The van der Waals surface area contributed by atoms with Crippen LogP contribution in [0.4, 0.5) is 18.8 Å². The van der Waals surface area contributed by atoms with Crippen molar-refractivity contribution in [3.63, 3.8) is 0 Å². The highest BCUT2D eigenvalue weighted by atomic mass is 35.5. The molecule has 2 N–H and O–H groups in total. The van der Waals surface area contributed by atoms with E-state index in [-0.39, 0.29) is 19.0 Å². The third-order valence-electron chi connectivity index (χ3n) is 2.77. The molecule has 2 rings (SSSR count). The molecule has 9 nitrogen and oxygen atoms in total. The first kappa shape index (κ1) is 30.7. The second-order valence-corrected chi connectivity index (χ2v) is 5.57. The molecule has 178 valence electrons. The summed E-state index contributed by atoms with van der Waals surface area (Å²) < 4.78 is 28.2. The summed E-state index contributed by atoms with van der Waals surface area (Å²) in [7, 11) is 1.28. The minimum Gasteiger partial charge on any atom is -0.450 e. The highest BCUT2D eigenvalue weighted by Crippen LogP contribution is 2.11. The van der Waals surface area contributed by atoms with Gasteiger partial charge in [-0.2, -0.15) is 0 Å². The number of halogens is 2. The van der Waals surface area contributed by atoms with Gasteiger partial charge in [-0.05, 0) is 37.6 Å². The van der Waals surface area contributed by atoms with Crippen molar-refractivity contribution in [3.05, 3.63) is 71.0 Å². The number of carbonyl (C=O) groups is 3. The lowest BCUT2D eigenvalue weighted by molar-refractivity contribution is 0.0472. The molecule has 0 aliphatic rings. The maximum Gasteiger partial charge on any atom is 0.507 e. The van der Waals surface area contributed by atoms with Gasteiger partial charge in [0.25, 0.3) is 0 Å². The van der Waals surface area contributed by atoms with Crippen LogP contribution in [0, 0.1) is 12.7 Å². The Morgan fingerprint density at radius 3 is 1.59 bits per heavy atom. The van der Waals surface area contributed by atoms with Crippen molar-refractivity contribution in [1.82, 2.24) is 0 Å². The van der Waals surface area contributed by atoms with E-state index in [1.54, 1.807) is 25.1 Å². The van der Waals surface area contributed by atoms with Crippen LogP contribution in [0.15, 0.2) is 54.6 Å². The van der Waals surface area contributed by atoms with Gasteiger partial charge in [-0.15, -0.1) is 0 Å². The van der Waals surface area contributed by atoms with Crippen molar-refractivity contribution in [2.45, 2.75) is 13.8 Å². The number of carboxylic acid groups (broad SMARTS) is 2. The summed E-state index contributed by atoms with van der Waals surface area (Å²) in [5.41, 5.74) is 1.13. The van der Waals surface area contributed by atoms with Gasteiger partial charge in [0.15, 0.2) is 0 Å². The van der Waals surface area contributed by atoms with Crippen molar-refractivity contribution in [3.8, 4) is 0 Å². The summed E-state index contributed by atoms with van der Waals surface area (Å²) >= 11 is 5.71. The van der Waals surface area contributed by atoms with Crippen LogP contribution in [0.1, 0.15) is 12.5 Å². The Kier molecular flexibility index (Phi) is 19.9. The van der Waals surface area contributed by atoms with Gasteiger partial charge in [-0.3, -0.25) is 0 Å². The van der Waals surface area contributed by atoms with E-state index in [2.05, 4.69) is 18.9 Å². The van der Waals surface area contributed by atoms with Crippen LogP contribution in [0.3, 0.4) is 0 Å². The maximum atomic E-state index is 11.9. The van der Waals surface area contributed by atoms with E-state index in [4.69, 9.17) is 21.8 Å². The summed E-state index contributed by atoms with van der Waals surface area (Å²) in [5.74, 6) is -0.178. The normalized spacial score (nSPS) is 8.53. The topological polar surface area (TPSA) is 129 Å². The molecule has 0 unspecified atom stereocenters. The van der Waals surface area contributed by atoms with Gasteiger partial charge in [0.1, 0.15) is 19.0 Å². The van der Waals surface area contributed by atoms with E-state index in [0.717, 1.165) is 10.6 Å². The number of methoxy groups -OCH3 is 1. The van der Waals surface area contributed by atoms with Gasteiger partial charge in [-0.1, -0.05) is 48.0 Å². The molecular formula is C21H26ClFO9. The smallest absolute Gasteiger partial charge is 0.450 e. The van der Waals surface area contributed by atoms with Crippen molar-refractivity contribution in [2.24, 2.45) is 0 Å². The Balaban J connectivity index is 0. The molecule has 0 atom stereocenters. The van der Waals surface area contributed by atoms with Crippen LogP contribution >= 0.6 is 11.6 Å². The number of aryl methyl sites for hydroxylation is 1. The number of hydrogen-bond donors (Lipinski definition) is 2. The lowest BCUT2D eigenvalue weighted by Gasteiger charge is -1.98. The van der Waals surface area contributed by atoms with Crippen LogP contribution in [-0.2, 0) is 18.9 Å². The maximum absolute atomic E-state index is 11.9. The van der Waals surface area contributed by atoms with Crippen LogP contribution in [0.5, 0.6) is 0 Å². The molecule has 32 heavy (non-hydrogen) atoms. The van der Waals surface area contributed by atoms with Crippen LogP contribution in [0.25, 0.3) is 0 Å². The molecule has 0 aliphatic heterocycles. The van der Waals surface area contributed by atoms with Crippen molar-refractivity contribution < 1.29 is 47.9 Å². The van der Waals surface area contributed by atoms with E-state index in [1.165, 1.54) is 19.2 Å². The Labute approximate surface area is 190 Å². The summed E-state index contributed by atoms with van der Waals surface area (Å²) in [4.78, 5) is 29.2. The SMILES string of the molecule is CCOC(=O)OC.Cc1ccccc1Cl.Fc1ccccc1.O=C(O)OCCOC(=O)O. The predicted octanol–water partition coefficient (Wildman–Crippen LogP) is 5.64. The zero-order chi connectivity index (χ0) is 24.8. The molecule has 2 aromatic carbocycles. The molecular weight excluding hydrogens is 451 g/mol. The minimum atomic E-state index is -1.45. The summed E-state index contributed by atoms with van der Waals surface area (Å²) in [6.07, 6.45) is -3.52. The summed E-state index contributed by atoms with van der Waals surface area (Å²) in [6.45, 7) is 3.52. The van der Waals surface area contributed by atoms with Crippen molar-refractivity contribution in [1.29, 1.82) is 0 Å². The fourth-order valence-electron chi connectivity index (χ4n) is 1.40. The lowest BCUT2D eigenvalue weighted by atomic mass is 10.2. The first-order chi connectivity index (χ1) is 15.1. The third kappa shape index (κ3) is 22.8. The summed E-state index contributed by atoms with van der Waals surface area (Å²) in [5, 5.41) is 16.5. The Bertz CT molecular complexity index is 736. The molecule has 11 heteroatoms. The molecule has 0 saturated carbocycles. The minimum absolute atomic E-state index is 0.178. The van der Waals surface area contributed by atoms with Gasteiger partial charge in [0.05, 0.1) is 13.7 Å². The molecule has 0 bridgehead atoms. The average Bonchev–Trinajstić information content (AvgIpc) is 2.75. The van der Waals surface area contributed by atoms with E-state index < -0.39 is 18.5 Å². The molecule has 0 aromatic heterocycles. The second kappa shape index (κ2) is 20.7. The van der Waals surface area contributed by atoms with Gasteiger partial charge in [0, 0.05) is 5.02 Å². The van der Waals surface area contributed by atoms with E-state index in [0.29, 0.717) is 6.61 Å². The number of carbonyl (C=O) groups excluding carboxylic acids is 1. The highest BCUT2D eigenvalue weighted by molar-refractivity contribution is 6.31. The standard InChI is InChI=1S/C7H7Cl.C6H5F.C4H6O6.C4H8O3/c1-6-4-2-3-5-7(6)8;7-6-4-2-1-3-5-6;5-3(6)9-1-2-10-4(7)8;1-3-7-4(5)6-2/h2-5H,1H3;1-5H;1-2H2,(H,5,6)(H,7,8);3H2,1-2H3. The number of benzene rings is 2. The van der Waals surface area contributed by atoms with Crippen LogP contribution in [0.2, 0.25) is 5.02 Å². The van der Waals surface area contributed by atoms with E-state index in [1.807, 2.05) is 31.2 Å². The molecule has 0 fully saturated rings. The lowest BCUT2D eigenvalue weighted by Crippen LogP contribution is -2.10. The van der Waals surface area contributed by atoms with Gasteiger partial charge < -0.3 is 29.2 Å². The average molecular weight is 477 g/mol. The number of hydrogen-bond acceptors (Lipinski definition) is 7. The molecule has 0 saturated heterocycles. The molecule has 0 radical (unpaired) electrons.